The van der Waals surface area contributed by atoms with E-state index in [0.717, 1.165) is 25.5 Å². The molecule has 33 heavy (non-hydrogen) atoms. The molecule has 0 amide bonds. The Kier molecular flexibility index (Phi) is 25.0. The first-order valence-corrected chi connectivity index (χ1v) is 14.1. The molecule has 0 aromatic heterocycles. The summed E-state index contributed by atoms with van der Waals surface area (Å²) in [6.07, 6.45) is 24.2. The van der Waals surface area contributed by atoms with Gasteiger partial charge in [0.05, 0.1) is 13.2 Å². The van der Waals surface area contributed by atoms with Crippen LogP contribution in [0.25, 0.3) is 0 Å². The highest BCUT2D eigenvalue weighted by Crippen LogP contribution is 2.13. The minimum Gasteiger partial charge on any atom is -0.354 e. The summed E-state index contributed by atoms with van der Waals surface area (Å²) < 4.78 is 30.7. The number of nitrogens with two attached hydrogens (primary N) is 1. The first-order valence-electron chi connectivity index (χ1n) is 12.7. The summed E-state index contributed by atoms with van der Waals surface area (Å²) in [6.45, 7) is 7.34. The highest BCUT2D eigenvalue weighted by Gasteiger charge is 2.12. The van der Waals surface area contributed by atoms with Crippen molar-refractivity contribution in [3.05, 3.63) is 12.2 Å². The van der Waals surface area contributed by atoms with Crippen LogP contribution in [-0.2, 0) is 14.6 Å². The van der Waals surface area contributed by atoms with E-state index >= 15 is 0 Å². The van der Waals surface area contributed by atoms with Crippen molar-refractivity contribution >= 4 is 16.2 Å². The lowest BCUT2D eigenvalue weighted by Crippen LogP contribution is -2.31. The maximum Gasteiger partial charge on any atom is 0.397 e. The molecule has 1 rings (SSSR count). The number of aliphatic imine (C=N–C) groups is 1. The van der Waals surface area contributed by atoms with Gasteiger partial charge in [-0.2, -0.15) is 8.42 Å². The van der Waals surface area contributed by atoms with Gasteiger partial charge in [0.15, 0.2) is 0 Å². The molecule has 1 aliphatic heterocycles. The topological polar surface area (TPSA) is 140 Å². The second-order valence-corrected chi connectivity index (χ2v) is 9.37. The largest absolute Gasteiger partial charge is 0.397 e. The molecule has 0 unspecified atom stereocenters. The van der Waals surface area contributed by atoms with Gasteiger partial charge in [-0.05, 0) is 25.8 Å². The number of hydrogen-bond acceptors (Lipinski definition) is 7. The third-order valence-electron chi connectivity index (χ3n) is 5.37. The van der Waals surface area contributed by atoms with Gasteiger partial charge in [0, 0.05) is 19.6 Å². The Morgan fingerprint density at radius 1 is 0.970 bits per heavy atom. The number of amidine groups is 1. The molecule has 0 aromatic rings. The third-order valence-corrected chi connectivity index (χ3v) is 5.91. The first kappa shape index (κ1) is 34.2. The lowest BCUT2D eigenvalue weighted by molar-refractivity contribution is 0.283. The van der Waals surface area contributed by atoms with Gasteiger partial charge in [0.2, 0.25) is 0 Å². The maximum atomic E-state index is 9.56. The number of unbranched alkanes of at least 4 members (excludes halogenated alkanes) is 13. The average molecular weight is 493 g/mol. The molecule has 0 atom stereocenters. The zero-order chi connectivity index (χ0) is 23.9. The van der Waals surface area contributed by atoms with Gasteiger partial charge >= 0.3 is 10.4 Å². The van der Waals surface area contributed by atoms with Crippen LogP contribution >= 0.6 is 0 Å². The van der Waals surface area contributed by atoms with Crippen LogP contribution in [0.4, 0.5) is 0 Å². The number of hydrogen-bond donors (Lipinski definition) is 3. The molecule has 6 N–H and O–H groups in total. The van der Waals surface area contributed by atoms with Gasteiger partial charge in [0.25, 0.3) is 0 Å². The molecule has 0 fully saturated rings. The number of allylic oxidation sites excluding steroid dienone is 1. The van der Waals surface area contributed by atoms with Crippen LogP contribution in [0.15, 0.2) is 17.1 Å². The van der Waals surface area contributed by atoms with E-state index in [1.807, 2.05) is 0 Å². The summed E-state index contributed by atoms with van der Waals surface area (Å²) in [5.41, 5.74) is 5.64. The van der Waals surface area contributed by atoms with Gasteiger partial charge in [0.1, 0.15) is 5.84 Å². The Morgan fingerprint density at radius 3 is 1.91 bits per heavy atom. The standard InChI is InChI=1S/C22H43N3.C2H6O4S.H3N/c1-2-3-4-5-6-7-8-9-10-11-12-13-14-15-16-17-22-24-19-21-25(22)20-18-23;1-2-6-7(3,4)5;/h16-17H,2-15,18-21,23H2,1H3;2H2,1H3,(H,3,4,5);1H3. The van der Waals surface area contributed by atoms with Crippen molar-refractivity contribution in [3.63, 3.8) is 0 Å². The van der Waals surface area contributed by atoms with Crippen molar-refractivity contribution < 1.29 is 17.2 Å². The summed E-state index contributed by atoms with van der Waals surface area (Å²) in [7, 11) is -4.17. The van der Waals surface area contributed by atoms with E-state index in [-0.39, 0.29) is 12.8 Å². The molecule has 0 aliphatic carbocycles. The zero-order valence-electron chi connectivity index (χ0n) is 21.3. The molecule has 0 saturated carbocycles. The third kappa shape index (κ3) is 23.9. The van der Waals surface area contributed by atoms with Crippen LogP contribution < -0.4 is 11.9 Å². The second-order valence-electron chi connectivity index (χ2n) is 8.28. The molecule has 0 aromatic carbocycles. The summed E-state index contributed by atoms with van der Waals surface area (Å²) in [5, 5.41) is 0. The molecule has 0 bridgehead atoms. The zero-order valence-corrected chi connectivity index (χ0v) is 22.2. The molecule has 1 aliphatic rings. The first-order chi connectivity index (χ1) is 15.4. The highest BCUT2D eigenvalue weighted by atomic mass is 32.3. The quantitative estimate of drug-likeness (QED) is 0.155. The Hall–Kier alpha value is -1.00. The monoisotopic (exact) mass is 492 g/mol. The van der Waals surface area contributed by atoms with E-state index in [2.05, 4.69) is 33.2 Å². The maximum absolute atomic E-state index is 9.56. The molecule has 0 radical (unpaired) electrons. The predicted molar refractivity (Wildman–Crippen MR) is 141 cm³/mol. The lowest BCUT2D eigenvalue weighted by Gasteiger charge is -2.16. The number of nitrogens with zero attached hydrogens (tertiary/aromatic N) is 2. The van der Waals surface area contributed by atoms with Crippen LogP contribution in [-0.4, -0.2) is 56.5 Å². The molecular formula is C24H52N4O4S. The van der Waals surface area contributed by atoms with E-state index in [0.29, 0.717) is 6.54 Å². The van der Waals surface area contributed by atoms with Crippen molar-refractivity contribution in [2.24, 2.45) is 10.7 Å². The van der Waals surface area contributed by atoms with Crippen LogP contribution in [0.1, 0.15) is 104 Å². The van der Waals surface area contributed by atoms with Gasteiger partial charge in [-0.3, -0.25) is 9.55 Å². The number of rotatable bonds is 19. The summed E-state index contributed by atoms with van der Waals surface area (Å²) in [5.74, 6) is 1.14. The van der Waals surface area contributed by atoms with Crippen LogP contribution in [0.5, 0.6) is 0 Å². The summed E-state index contributed by atoms with van der Waals surface area (Å²) >= 11 is 0. The van der Waals surface area contributed by atoms with E-state index < -0.39 is 10.4 Å². The van der Waals surface area contributed by atoms with E-state index in [4.69, 9.17) is 10.3 Å². The van der Waals surface area contributed by atoms with Crippen molar-refractivity contribution in [3.8, 4) is 0 Å². The molecule has 0 spiro atoms. The molecule has 198 valence electrons. The van der Waals surface area contributed by atoms with Gasteiger partial charge in [-0.1, -0.05) is 90.0 Å². The molecule has 8 nitrogen and oxygen atoms in total. The fraction of sp³-hybridized carbons (Fsp3) is 0.875. The fourth-order valence-electron chi connectivity index (χ4n) is 3.66. The Balaban J connectivity index is 0. The van der Waals surface area contributed by atoms with Crippen LogP contribution in [0.2, 0.25) is 0 Å². The van der Waals surface area contributed by atoms with Crippen LogP contribution in [0.3, 0.4) is 0 Å². The van der Waals surface area contributed by atoms with Crippen molar-refractivity contribution in [2.45, 2.75) is 104 Å². The Bertz CT molecular complexity index is 583. The van der Waals surface area contributed by atoms with E-state index in [1.54, 1.807) is 0 Å². The average Bonchev–Trinajstić information content (AvgIpc) is 3.18. The SMILES string of the molecule is CCCCCCCCCCCCCCCC=CC1=NCCN1CCN.CCOS(=O)(=O)O.N. The van der Waals surface area contributed by atoms with E-state index in [1.165, 1.54) is 96.8 Å². The normalized spacial score (nSPS) is 13.6. The second kappa shape index (κ2) is 24.1. The summed E-state index contributed by atoms with van der Waals surface area (Å²) in [4.78, 5) is 6.83. The molecule has 1 heterocycles. The van der Waals surface area contributed by atoms with Gasteiger partial charge in [-0.15, -0.1) is 0 Å². The minimum atomic E-state index is -4.17. The smallest absolute Gasteiger partial charge is 0.354 e. The fourth-order valence-corrected chi connectivity index (χ4v) is 3.96. The van der Waals surface area contributed by atoms with Crippen molar-refractivity contribution in [2.75, 3.05) is 32.8 Å². The van der Waals surface area contributed by atoms with Gasteiger partial charge < -0.3 is 16.8 Å². The highest BCUT2D eigenvalue weighted by molar-refractivity contribution is 7.80. The van der Waals surface area contributed by atoms with Crippen LogP contribution in [0, 0.1) is 0 Å². The molecule has 0 saturated heterocycles. The Morgan fingerprint density at radius 2 is 1.48 bits per heavy atom. The van der Waals surface area contributed by atoms with Gasteiger partial charge in [-0.25, -0.2) is 4.18 Å². The predicted octanol–water partition coefficient (Wildman–Crippen LogP) is 5.68. The minimum absolute atomic E-state index is 0. The van der Waals surface area contributed by atoms with Crippen molar-refractivity contribution in [1.29, 1.82) is 0 Å². The molecule has 9 heteroatoms. The van der Waals surface area contributed by atoms with E-state index in [9.17, 15) is 8.42 Å². The summed E-state index contributed by atoms with van der Waals surface area (Å²) in [6, 6.07) is 0. The molecular weight excluding hydrogens is 440 g/mol. The Labute approximate surface area is 204 Å². The van der Waals surface area contributed by atoms with Crippen molar-refractivity contribution in [1.82, 2.24) is 11.1 Å². The lowest BCUT2D eigenvalue weighted by atomic mass is 10.0.